The van der Waals surface area contributed by atoms with Crippen molar-refractivity contribution in [3.63, 3.8) is 0 Å². The van der Waals surface area contributed by atoms with Crippen LogP contribution in [0.1, 0.15) is 11.5 Å². The van der Waals surface area contributed by atoms with Crippen molar-refractivity contribution in [1.82, 2.24) is 20.3 Å². The maximum atomic E-state index is 11.6. The van der Waals surface area contributed by atoms with E-state index in [1.54, 1.807) is 0 Å². The van der Waals surface area contributed by atoms with Crippen LogP contribution in [0.15, 0.2) is 12.1 Å². The van der Waals surface area contributed by atoms with Gasteiger partial charge in [-0.15, -0.1) is 0 Å². The molecule has 6 nitrogen and oxygen atoms in total. The first-order valence-electron chi connectivity index (χ1n) is 6.28. The number of pyridine rings is 1. The number of sulfone groups is 1. The summed E-state index contributed by atoms with van der Waals surface area (Å²) in [7, 11) is -2.91. The zero-order chi connectivity index (χ0) is 13.5. The van der Waals surface area contributed by atoms with Gasteiger partial charge in [0.05, 0.1) is 17.0 Å². The van der Waals surface area contributed by atoms with E-state index in [2.05, 4.69) is 20.3 Å². The van der Waals surface area contributed by atoms with Gasteiger partial charge >= 0.3 is 0 Å². The quantitative estimate of drug-likeness (QED) is 0.820. The Bertz CT molecular complexity index is 708. The molecule has 0 aromatic carbocycles. The number of aromatic amines is 1. The molecule has 1 aliphatic heterocycles. The van der Waals surface area contributed by atoms with Gasteiger partial charge < -0.3 is 10.3 Å². The van der Waals surface area contributed by atoms with E-state index in [0.29, 0.717) is 18.6 Å². The zero-order valence-corrected chi connectivity index (χ0v) is 11.5. The first kappa shape index (κ1) is 12.6. The van der Waals surface area contributed by atoms with Crippen LogP contribution in [0.5, 0.6) is 0 Å². The maximum absolute atomic E-state index is 11.6. The molecule has 1 saturated heterocycles. The summed E-state index contributed by atoms with van der Waals surface area (Å²) in [5.41, 5.74) is 2.50. The largest absolute Gasteiger partial charge is 0.341 e. The summed E-state index contributed by atoms with van der Waals surface area (Å²) in [5.74, 6) is 1.18. The average Bonchev–Trinajstić information content (AvgIpc) is 2.68. The van der Waals surface area contributed by atoms with E-state index in [9.17, 15) is 8.42 Å². The standard InChI is InChI=1S/C12H16N4O2S/c1-8-2-3-10-12(14-8)16-11(15-10)6-9-7-19(17,18)5-4-13-9/h2-3,9,13H,4-7H2,1H3,(H,14,15,16). The van der Waals surface area contributed by atoms with E-state index in [-0.39, 0.29) is 17.5 Å². The first-order valence-corrected chi connectivity index (χ1v) is 8.10. The summed E-state index contributed by atoms with van der Waals surface area (Å²) in [5, 5.41) is 3.22. The van der Waals surface area contributed by atoms with E-state index in [4.69, 9.17) is 0 Å². The summed E-state index contributed by atoms with van der Waals surface area (Å²) in [4.78, 5) is 11.9. The molecule has 2 aromatic heterocycles. The van der Waals surface area contributed by atoms with Crippen LogP contribution in [0.3, 0.4) is 0 Å². The van der Waals surface area contributed by atoms with Gasteiger partial charge in [-0.25, -0.2) is 18.4 Å². The van der Waals surface area contributed by atoms with Crippen molar-refractivity contribution >= 4 is 21.0 Å². The lowest BCUT2D eigenvalue weighted by Gasteiger charge is -2.22. The highest BCUT2D eigenvalue weighted by Crippen LogP contribution is 2.12. The lowest BCUT2D eigenvalue weighted by molar-refractivity contribution is 0.510. The van der Waals surface area contributed by atoms with Gasteiger partial charge in [0.1, 0.15) is 5.82 Å². The number of aromatic nitrogens is 3. The van der Waals surface area contributed by atoms with Gasteiger partial charge in [0.2, 0.25) is 0 Å². The lowest BCUT2D eigenvalue weighted by atomic mass is 10.2. The predicted octanol–water partition coefficient (Wildman–Crippen LogP) is 0.195. The first-order chi connectivity index (χ1) is 9.02. The monoisotopic (exact) mass is 280 g/mol. The molecule has 0 spiro atoms. The molecule has 19 heavy (non-hydrogen) atoms. The fourth-order valence-corrected chi connectivity index (χ4v) is 3.81. The Balaban J connectivity index is 1.81. The number of rotatable bonds is 2. The number of nitrogens with one attached hydrogen (secondary N) is 2. The van der Waals surface area contributed by atoms with Crippen molar-refractivity contribution in [1.29, 1.82) is 0 Å². The molecule has 0 saturated carbocycles. The number of fused-ring (bicyclic) bond motifs is 1. The zero-order valence-electron chi connectivity index (χ0n) is 10.7. The number of aryl methyl sites for hydroxylation is 1. The molecule has 7 heteroatoms. The topological polar surface area (TPSA) is 87.7 Å². The van der Waals surface area contributed by atoms with Crippen molar-refractivity contribution in [3.05, 3.63) is 23.7 Å². The highest BCUT2D eigenvalue weighted by molar-refractivity contribution is 7.91. The molecule has 2 aromatic rings. The number of nitrogens with zero attached hydrogens (tertiary/aromatic N) is 2. The van der Waals surface area contributed by atoms with Gasteiger partial charge in [0.15, 0.2) is 15.5 Å². The average molecular weight is 280 g/mol. The Morgan fingerprint density at radius 1 is 1.37 bits per heavy atom. The van der Waals surface area contributed by atoms with Gasteiger partial charge in [0.25, 0.3) is 0 Å². The molecule has 1 atom stereocenters. The Kier molecular flexibility index (Phi) is 3.02. The molecule has 0 radical (unpaired) electrons. The summed E-state index contributed by atoms with van der Waals surface area (Å²) in [6.45, 7) is 2.44. The molecule has 102 valence electrons. The van der Waals surface area contributed by atoms with Crippen molar-refractivity contribution in [2.75, 3.05) is 18.1 Å². The van der Waals surface area contributed by atoms with Gasteiger partial charge in [-0.3, -0.25) is 0 Å². The van der Waals surface area contributed by atoms with Crippen LogP contribution in [0.4, 0.5) is 0 Å². The molecule has 0 aliphatic carbocycles. The van der Waals surface area contributed by atoms with Crippen molar-refractivity contribution in [2.24, 2.45) is 0 Å². The van der Waals surface area contributed by atoms with Crippen molar-refractivity contribution in [3.8, 4) is 0 Å². The van der Waals surface area contributed by atoms with Crippen LogP contribution in [-0.4, -0.2) is 47.5 Å². The molecule has 1 unspecified atom stereocenters. The third-order valence-electron chi connectivity index (χ3n) is 3.28. The Labute approximate surface area is 111 Å². The smallest absolute Gasteiger partial charge is 0.177 e. The van der Waals surface area contributed by atoms with Gasteiger partial charge in [0, 0.05) is 24.7 Å². The number of hydrogen-bond donors (Lipinski definition) is 2. The van der Waals surface area contributed by atoms with E-state index < -0.39 is 9.84 Å². The number of imidazole rings is 1. The Hall–Kier alpha value is -1.47. The van der Waals surface area contributed by atoms with Crippen LogP contribution in [0.2, 0.25) is 0 Å². The lowest BCUT2D eigenvalue weighted by Crippen LogP contribution is -2.46. The molecule has 1 fully saturated rings. The third kappa shape index (κ3) is 2.76. The molecule has 3 rings (SSSR count). The van der Waals surface area contributed by atoms with Crippen LogP contribution in [-0.2, 0) is 16.3 Å². The SMILES string of the molecule is Cc1ccc2[nH]c(CC3CS(=O)(=O)CCN3)nc2n1. The summed E-state index contributed by atoms with van der Waals surface area (Å²) >= 11 is 0. The molecular weight excluding hydrogens is 264 g/mol. The summed E-state index contributed by atoms with van der Waals surface area (Å²) in [6, 6.07) is 3.80. The van der Waals surface area contributed by atoms with Crippen LogP contribution < -0.4 is 5.32 Å². The van der Waals surface area contributed by atoms with Crippen LogP contribution in [0, 0.1) is 6.92 Å². The molecule has 1 aliphatic rings. The van der Waals surface area contributed by atoms with Crippen molar-refractivity contribution < 1.29 is 8.42 Å². The summed E-state index contributed by atoms with van der Waals surface area (Å²) in [6.07, 6.45) is 0.578. The maximum Gasteiger partial charge on any atom is 0.177 e. The second kappa shape index (κ2) is 4.57. The number of hydrogen-bond acceptors (Lipinski definition) is 5. The predicted molar refractivity (Wildman–Crippen MR) is 72.8 cm³/mol. The molecule has 2 N–H and O–H groups in total. The minimum atomic E-state index is -2.91. The highest BCUT2D eigenvalue weighted by atomic mass is 32.2. The van der Waals surface area contributed by atoms with E-state index in [1.165, 1.54) is 0 Å². The molecular formula is C12H16N4O2S. The van der Waals surface area contributed by atoms with Crippen LogP contribution in [0.25, 0.3) is 11.2 Å². The van der Waals surface area contributed by atoms with Gasteiger partial charge in [-0.05, 0) is 19.1 Å². The van der Waals surface area contributed by atoms with Gasteiger partial charge in [-0.2, -0.15) is 0 Å². The minimum absolute atomic E-state index is 0.0691. The second-order valence-corrected chi connectivity index (χ2v) is 7.21. The van der Waals surface area contributed by atoms with Crippen LogP contribution >= 0.6 is 0 Å². The van der Waals surface area contributed by atoms with Gasteiger partial charge in [-0.1, -0.05) is 0 Å². The summed E-state index contributed by atoms with van der Waals surface area (Å²) < 4.78 is 23.2. The molecule has 0 amide bonds. The fourth-order valence-electron chi connectivity index (χ4n) is 2.37. The Morgan fingerprint density at radius 3 is 3.00 bits per heavy atom. The van der Waals surface area contributed by atoms with E-state index in [1.807, 2.05) is 19.1 Å². The number of H-pyrrole nitrogens is 1. The minimum Gasteiger partial charge on any atom is -0.341 e. The highest BCUT2D eigenvalue weighted by Gasteiger charge is 2.25. The van der Waals surface area contributed by atoms with E-state index >= 15 is 0 Å². The van der Waals surface area contributed by atoms with Crippen molar-refractivity contribution in [2.45, 2.75) is 19.4 Å². The molecule has 0 bridgehead atoms. The fraction of sp³-hybridized carbons (Fsp3) is 0.500. The normalized spacial score (nSPS) is 22.7. The Morgan fingerprint density at radius 2 is 2.21 bits per heavy atom. The second-order valence-electron chi connectivity index (χ2n) is 4.98. The molecule has 3 heterocycles. The third-order valence-corrected chi connectivity index (χ3v) is 5.01. The van der Waals surface area contributed by atoms with E-state index in [0.717, 1.165) is 17.0 Å².